The molecule has 1 aliphatic carbocycles. The number of aromatic nitrogens is 2. The fraction of sp³-hybridized carbons (Fsp3) is 0.667. The minimum Gasteiger partial charge on any atom is -0.478 e. The molecule has 0 radical (unpaired) electrons. The predicted octanol–water partition coefficient (Wildman–Crippen LogP) is 3.00. The van der Waals surface area contributed by atoms with Crippen LogP contribution in [0.25, 0.3) is 0 Å². The Morgan fingerprint density at radius 1 is 1.33 bits per heavy atom. The fourth-order valence-electron chi connectivity index (χ4n) is 2.56. The molecule has 2 rings (SSSR count). The third-order valence-electron chi connectivity index (χ3n) is 3.82. The highest BCUT2D eigenvalue weighted by molar-refractivity contribution is 7.99. The van der Waals surface area contributed by atoms with E-state index in [1.807, 2.05) is 13.8 Å². The van der Waals surface area contributed by atoms with Gasteiger partial charge in [0.15, 0.2) is 0 Å². The molecule has 0 bridgehead atoms. The molecule has 0 unspecified atom stereocenters. The minimum absolute atomic E-state index is 0.139. The average Bonchev–Trinajstić information content (AvgIpc) is 2.82. The Hall–Kier alpha value is -1.14. The molecule has 5 nitrogen and oxygen atoms in total. The Balaban J connectivity index is 2.28. The van der Waals surface area contributed by atoms with Gasteiger partial charge in [-0.15, -0.1) is 11.8 Å². The fourth-order valence-corrected chi connectivity index (χ4v) is 3.79. The van der Waals surface area contributed by atoms with Gasteiger partial charge in [-0.2, -0.15) is 0 Å². The summed E-state index contributed by atoms with van der Waals surface area (Å²) in [5, 5.41) is 20.3. The van der Waals surface area contributed by atoms with E-state index in [1.165, 1.54) is 11.8 Å². The molecule has 1 aromatic heterocycles. The molecule has 116 valence electrons. The first-order chi connectivity index (χ1) is 9.82. The molecule has 21 heavy (non-hydrogen) atoms. The molecule has 0 aromatic carbocycles. The van der Waals surface area contributed by atoms with Gasteiger partial charge >= 0.3 is 5.97 Å². The number of nitrogens with zero attached hydrogens (tertiary/aromatic N) is 2. The quantitative estimate of drug-likeness (QED) is 0.642. The molecule has 0 atom stereocenters. The standard InChI is InChI=1S/C15H22N2O3S/c1-9(2)12-16-10(3)11(14(18)19)13(17-12)21-8-15(20)6-4-5-7-15/h9,20H,4-8H2,1-3H3,(H,18,19). The monoisotopic (exact) mass is 310 g/mol. The van der Waals surface area contributed by atoms with Gasteiger partial charge in [-0.05, 0) is 19.8 Å². The molecule has 6 heteroatoms. The zero-order valence-corrected chi connectivity index (χ0v) is 13.5. The van der Waals surface area contributed by atoms with Crippen LogP contribution in [-0.4, -0.2) is 37.5 Å². The van der Waals surface area contributed by atoms with Crippen molar-refractivity contribution in [3.8, 4) is 0 Å². The van der Waals surface area contributed by atoms with Crippen LogP contribution in [0.15, 0.2) is 5.03 Å². The molecule has 1 saturated carbocycles. The van der Waals surface area contributed by atoms with Crippen molar-refractivity contribution in [2.24, 2.45) is 0 Å². The maximum atomic E-state index is 11.4. The summed E-state index contributed by atoms with van der Waals surface area (Å²) in [6.07, 6.45) is 3.62. The lowest BCUT2D eigenvalue weighted by molar-refractivity contribution is 0.0685. The molecule has 0 saturated heterocycles. The molecule has 0 aliphatic heterocycles. The maximum Gasteiger partial charge on any atom is 0.340 e. The number of aryl methyl sites for hydroxylation is 1. The molecule has 1 aromatic rings. The van der Waals surface area contributed by atoms with Crippen molar-refractivity contribution >= 4 is 17.7 Å². The van der Waals surface area contributed by atoms with Crippen LogP contribution >= 0.6 is 11.8 Å². The van der Waals surface area contributed by atoms with Crippen molar-refractivity contribution in [1.29, 1.82) is 0 Å². The number of rotatable bonds is 5. The van der Waals surface area contributed by atoms with Gasteiger partial charge in [0.1, 0.15) is 16.4 Å². The van der Waals surface area contributed by atoms with E-state index < -0.39 is 11.6 Å². The van der Waals surface area contributed by atoms with E-state index >= 15 is 0 Å². The maximum absolute atomic E-state index is 11.4. The summed E-state index contributed by atoms with van der Waals surface area (Å²) in [5.41, 5.74) is -0.0368. The second kappa shape index (κ2) is 6.32. The van der Waals surface area contributed by atoms with E-state index in [1.54, 1.807) is 6.92 Å². The smallest absolute Gasteiger partial charge is 0.340 e. The summed E-state index contributed by atoms with van der Waals surface area (Å²) in [5.74, 6) is 0.268. The van der Waals surface area contributed by atoms with Crippen molar-refractivity contribution in [3.63, 3.8) is 0 Å². The Bertz CT molecular complexity index is 540. The largest absolute Gasteiger partial charge is 0.478 e. The highest BCUT2D eigenvalue weighted by Gasteiger charge is 2.32. The van der Waals surface area contributed by atoms with Gasteiger partial charge in [-0.25, -0.2) is 14.8 Å². The SMILES string of the molecule is Cc1nc(C(C)C)nc(SCC2(O)CCCC2)c1C(=O)O. The topological polar surface area (TPSA) is 83.3 Å². The lowest BCUT2D eigenvalue weighted by Crippen LogP contribution is -2.27. The van der Waals surface area contributed by atoms with Crippen molar-refractivity contribution < 1.29 is 15.0 Å². The Morgan fingerprint density at radius 2 is 1.95 bits per heavy atom. The van der Waals surface area contributed by atoms with Crippen molar-refractivity contribution in [2.45, 2.75) is 63.0 Å². The van der Waals surface area contributed by atoms with E-state index in [0.717, 1.165) is 25.7 Å². The van der Waals surface area contributed by atoms with Crippen LogP contribution < -0.4 is 0 Å². The molecular formula is C15H22N2O3S. The van der Waals surface area contributed by atoms with Crippen molar-refractivity contribution in [3.05, 3.63) is 17.1 Å². The average molecular weight is 310 g/mol. The number of carbonyl (C=O) groups is 1. The summed E-state index contributed by atoms with van der Waals surface area (Å²) in [4.78, 5) is 20.1. The van der Waals surface area contributed by atoms with Crippen LogP contribution in [0, 0.1) is 6.92 Å². The first-order valence-corrected chi connectivity index (χ1v) is 8.28. The predicted molar refractivity (Wildman–Crippen MR) is 82.0 cm³/mol. The van der Waals surface area contributed by atoms with Crippen LogP contribution in [0.2, 0.25) is 0 Å². The van der Waals surface area contributed by atoms with Gasteiger partial charge in [0.2, 0.25) is 0 Å². The molecule has 1 aliphatic rings. The number of aliphatic hydroxyl groups is 1. The summed E-state index contributed by atoms with van der Waals surface area (Å²) >= 11 is 1.34. The second-order valence-corrected chi connectivity index (χ2v) is 6.99. The van der Waals surface area contributed by atoms with Crippen LogP contribution in [0.1, 0.15) is 67.3 Å². The first kappa shape index (κ1) is 16.2. The lowest BCUT2D eigenvalue weighted by Gasteiger charge is -2.21. The Labute approximate surface area is 129 Å². The number of carboxylic acids is 1. The molecule has 0 spiro atoms. The normalized spacial score (nSPS) is 17.4. The van der Waals surface area contributed by atoms with E-state index in [9.17, 15) is 15.0 Å². The van der Waals surface area contributed by atoms with Crippen molar-refractivity contribution in [1.82, 2.24) is 9.97 Å². The second-order valence-electron chi connectivity index (χ2n) is 6.03. The molecule has 2 N–H and O–H groups in total. The summed E-state index contributed by atoms with van der Waals surface area (Å²) in [6, 6.07) is 0. The van der Waals surface area contributed by atoms with Crippen LogP contribution in [-0.2, 0) is 0 Å². The number of hydrogen-bond donors (Lipinski definition) is 2. The summed E-state index contributed by atoms with van der Waals surface area (Å²) in [6.45, 7) is 5.66. The van der Waals surface area contributed by atoms with E-state index in [2.05, 4.69) is 9.97 Å². The number of carboxylic acid groups (broad SMARTS) is 1. The van der Waals surface area contributed by atoms with E-state index in [0.29, 0.717) is 22.3 Å². The molecule has 1 fully saturated rings. The van der Waals surface area contributed by atoms with Gasteiger partial charge in [0, 0.05) is 11.7 Å². The summed E-state index contributed by atoms with van der Waals surface area (Å²) < 4.78 is 0. The van der Waals surface area contributed by atoms with Crippen molar-refractivity contribution in [2.75, 3.05) is 5.75 Å². The number of hydrogen-bond acceptors (Lipinski definition) is 5. The van der Waals surface area contributed by atoms with E-state index in [4.69, 9.17) is 0 Å². The molecule has 0 amide bonds. The minimum atomic E-state index is -1.01. The van der Waals surface area contributed by atoms with Crippen LogP contribution in [0.4, 0.5) is 0 Å². The first-order valence-electron chi connectivity index (χ1n) is 7.29. The lowest BCUT2D eigenvalue weighted by atomic mass is 10.1. The summed E-state index contributed by atoms with van der Waals surface area (Å²) in [7, 11) is 0. The Morgan fingerprint density at radius 3 is 2.48 bits per heavy atom. The highest BCUT2D eigenvalue weighted by atomic mass is 32.2. The zero-order valence-electron chi connectivity index (χ0n) is 12.7. The van der Waals surface area contributed by atoms with Gasteiger partial charge < -0.3 is 10.2 Å². The highest BCUT2D eigenvalue weighted by Crippen LogP contribution is 2.35. The number of thioether (sulfide) groups is 1. The van der Waals surface area contributed by atoms with Gasteiger partial charge in [0.25, 0.3) is 0 Å². The zero-order chi connectivity index (χ0) is 15.6. The van der Waals surface area contributed by atoms with Crippen LogP contribution in [0.3, 0.4) is 0 Å². The van der Waals surface area contributed by atoms with Gasteiger partial charge in [-0.3, -0.25) is 0 Å². The van der Waals surface area contributed by atoms with Gasteiger partial charge in [-0.1, -0.05) is 26.7 Å². The van der Waals surface area contributed by atoms with Crippen LogP contribution in [0.5, 0.6) is 0 Å². The molecular weight excluding hydrogens is 288 g/mol. The Kier molecular flexibility index (Phi) is 4.88. The van der Waals surface area contributed by atoms with E-state index in [-0.39, 0.29) is 11.5 Å². The third-order valence-corrected chi connectivity index (χ3v) is 5.07. The third kappa shape index (κ3) is 3.74. The molecule has 1 heterocycles. The van der Waals surface area contributed by atoms with Gasteiger partial charge in [0.05, 0.1) is 11.3 Å². The number of aromatic carboxylic acids is 1.